The predicted octanol–water partition coefficient (Wildman–Crippen LogP) is 0.600. The van der Waals surface area contributed by atoms with Crippen LogP contribution in [0.25, 0.3) is 0 Å². The molecule has 0 aromatic rings. The number of hydrogen-bond acceptors (Lipinski definition) is 4. The maximum atomic E-state index is 12.4. The van der Waals surface area contributed by atoms with Crippen molar-refractivity contribution < 1.29 is 17.9 Å². The molecule has 7 heteroatoms. The van der Waals surface area contributed by atoms with Gasteiger partial charge in [-0.15, -0.1) is 0 Å². The topological polar surface area (TPSA) is 66.9 Å². The number of carbonyl (C=O) groups excluding carboxylic acids is 1. The first-order valence-corrected chi connectivity index (χ1v) is 7.71. The van der Waals surface area contributed by atoms with Crippen molar-refractivity contribution in [2.24, 2.45) is 0 Å². The molecule has 0 amide bonds. The fraction of sp³-hybridized carbons (Fsp3) is 0.909. The van der Waals surface area contributed by atoms with E-state index in [1.165, 1.54) is 8.61 Å². The van der Waals surface area contributed by atoms with Gasteiger partial charge in [0.05, 0.1) is 6.61 Å². The summed E-state index contributed by atoms with van der Waals surface area (Å²) in [6, 6.07) is -0.264. The Morgan fingerprint density at radius 2 is 1.89 bits per heavy atom. The van der Waals surface area contributed by atoms with Crippen molar-refractivity contribution in [2.45, 2.75) is 39.7 Å². The average molecular weight is 278 g/mol. The van der Waals surface area contributed by atoms with E-state index in [9.17, 15) is 13.2 Å². The Hall–Kier alpha value is -0.660. The van der Waals surface area contributed by atoms with Gasteiger partial charge in [-0.2, -0.15) is 17.0 Å². The first-order valence-electron chi connectivity index (χ1n) is 6.32. The van der Waals surface area contributed by atoms with Crippen LogP contribution in [0.2, 0.25) is 0 Å². The molecule has 0 aromatic carbocycles. The summed E-state index contributed by atoms with van der Waals surface area (Å²) in [4.78, 5) is 11.5. The zero-order valence-corrected chi connectivity index (χ0v) is 12.1. The van der Waals surface area contributed by atoms with E-state index in [1.807, 2.05) is 0 Å². The van der Waals surface area contributed by atoms with Crippen LogP contribution in [0, 0.1) is 0 Å². The molecule has 1 saturated heterocycles. The van der Waals surface area contributed by atoms with Crippen LogP contribution in [0.4, 0.5) is 0 Å². The van der Waals surface area contributed by atoms with Crippen molar-refractivity contribution >= 4 is 16.2 Å². The monoisotopic (exact) mass is 278 g/mol. The molecule has 0 radical (unpaired) electrons. The Balaban J connectivity index is 2.80. The molecule has 0 bridgehead atoms. The minimum absolute atomic E-state index is 0.218. The van der Waals surface area contributed by atoms with Crippen molar-refractivity contribution in [1.29, 1.82) is 0 Å². The molecule has 1 rings (SSSR count). The second-order valence-electron chi connectivity index (χ2n) is 4.56. The Morgan fingerprint density at radius 1 is 1.33 bits per heavy atom. The lowest BCUT2D eigenvalue weighted by Crippen LogP contribution is -2.48. The van der Waals surface area contributed by atoms with Gasteiger partial charge in [-0.05, 0) is 33.6 Å². The maximum Gasteiger partial charge on any atom is 0.321 e. The van der Waals surface area contributed by atoms with Gasteiger partial charge >= 0.3 is 5.97 Å². The van der Waals surface area contributed by atoms with Crippen molar-refractivity contribution in [3.8, 4) is 0 Å². The van der Waals surface area contributed by atoms with Gasteiger partial charge in [-0.1, -0.05) is 0 Å². The van der Waals surface area contributed by atoms with Crippen LogP contribution in [-0.2, 0) is 19.7 Å². The minimum Gasteiger partial charge on any atom is -0.465 e. The number of rotatable bonds is 6. The van der Waals surface area contributed by atoms with E-state index in [-0.39, 0.29) is 19.2 Å². The summed E-state index contributed by atoms with van der Waals surface area (Å²) in [5.74, 6) is -0.506. The lowest BCUT2D eigenvalue weighted by Gasteiger charge is -2.29. The Morgan fingerprint density at radius 3 is 2.33 bits per heavy atom. The average Bonchev–Trinajstić information content (AvgIpc) is 2.79. The maximum absolute atomic E-state index is 12.4. The van der Waals surface area contributed by atoms with Gasteiger partial charge in [0.25, 0.3) is 10.2 Å². The van der Waals surface area contributed by atoms with Crippen LogP contribution in [0.3, 0.4) is 0 Å². The van der Waals surface area contributed by atoms with E-state index in [0.717, 1.165) is 12.8 Å². The summed E-state index contributed by atoms with van der Waals surface area (Å²) in [6.45, 7) is 6.33. The number of hydrogen-bond donors (Lipinski definition) is 0. The summed E-state index contributed by atoms with van der Waals surface area (Å²) >= 11 is 0. The first kappa shape index (κ1) is 15.4. The van der Waals surface area contributed by atoms with Crippen LogP contribution >= 0.6 is 0 Å². The predicted molar refractivity (Wildman–Crippen MR) is 68.2 cm³/mol. The molecular weight excluding hydrogens is 256 g/mol. The van der Waals surface area contributed by atoms with Gasteiger partial charge in [-0.3, -0.25) is 4.79 Å². The van der Waals surface area contributed by atoms with Gasteiger partial charge in [0.2, 0.25) is 0 Å². The second kappa shape index (κ2) is 6.49. The molecule has 0 unspecified atom stereocenters. The molecule has 0 aromatic heterocycles. The lowest BCUT2D eigenvalue weighted by molar-refractivity contribution is -0.143. The minimum atomic E-state index is -3.55. The summed E-state index contributed by atoms with van der Waals surface area (Å²) in [6.07, 6.45) is 1.76. The van der Waals surface area contributed by atoms with Gasteiger partial charge in [0.15, 0.2) is 0 Å². The van der Waals surface area contributed by atoms with E-state index in [2.05, 4.69) is 0 Å². The highest BCUT2D eigenvalue weighted by Crippen LogP contribution is 2.18. The van der Waals surface area contributed by atoms with Crippen molar-refractivity contribution in [2.75, 3.05) is 26.2 Å². The molecular formula is C11H22N2O4S. The third-order valence-electron chi connectivity index (χ3n) is 2.85. The van der Waals surface area contributed by atoms with E-state index in [4.69, 9.17) is 4.74 Å². The van der Waals surface area contributed by atoms with Gasteiger partial charge in [0.1, 0.15) is 6.54 Å². The highest BCUT2D eigenvalue weighted by molar-refractivity contribution is 7.86. The largest absolute Gasteiger partial charge is 0.465 e. The number of esters is 1. The number of ether oxygens (including phenoxy) is 1. The van der Waals surface area contributed by atoms with Crippen molar-refractivity contribution in [1.82, 2.24) is 8.61 Å². The molecule has 106 valence electrons. The molecule has 0 atom stereocenters. The third kappa shape index (κ3) is 3.66. The number of carbonyl (C=O) groups is 1. The molecule has 18 heavy (non-hydrogen) atoms. The molecule has 0 N–H and O–H groups in total. The Kier molecular flexibility index (Phi) is 5.55. The van der Waals surface area contributed by atoms with E-state index < -0.39 is 16.2 Å². The summed E-state index contributed by atoms with van der Waals surface area (Å²) in [5, 5.41) is 0. The Bertz CT molecular complexity index is 375. The SMILES string of the molecule is CCOC(=O)CN(C(C)C)S(=O)(=O)N1CCCC1. The van der Waals surface area contributed by atoms with Crippen molar-refractivity contribution in [3.63, 3.8) is 0 Å². The highest BCUT2D eigenvalue weighted by atomic mass is 32.2. The summed E-state index contributed by atoms with van der Waals surface area (Å²) in [5.41, 5.74) is 0. The summed E-state index contributed by atoms with van der Waals surface area (Å²) < 4.78 is 32.2. The van der Waals surface area contributed by atoms with Crippen LogP contribution in [0.1, 0.15) is 33.6 Å². The molecule has 1 heterocycles. The van der Waals surface area contributed by atoms with Crippen LogP contribution in [-0.4, -0.2) is 55.3 Å². The lowest BCUT2D eigenvalue weighted by atomic mass is 10.4. The first-order chi connectivity index (χ1) is 8.39. The van der Waals surface area contributed by atoms with Gasteiger partial charge in [0, 0.05) is 19.1 Å². The standard InChI is InChI=1S/C11H22N2O4S/c1-4-17-11(14)9-13(10(2)3)18(15,16)12-7-5-6-8-12/h10H,4-9H2,1-3H3. The third-order valence-corrected chi connectivity index (χ3v) is 5.02. The Labute approximate surface area is 109 Å². The van der Waals surface area contributed by atoms with Crippen LogP contribution in [0.15, 0.2) is 0 Å². The van der Waals surface area contributed by atoms with E-state index in [1.54, 1.807) is 20.8 Å². The fourth-order valence-corrected chi connectivity index (χ4v) is 3.75. The van der Waals surface area contributed by atoms with E-state index in [0.29, 0.717) is 13.1 Å². The molecule has 1 fully saturated rings. The molecule has 0 spiro atoms. The highest BCUT2D eigenvalue weighted by Gasteiger charge is 2.34. The van der Waals surface area contributed by atoms with Gasteiger partial charge < -0.3 is 4.74 Å². The number of nitrogens with zero attached hydrogens (tertiary/aromatic N) is 2. The molecule has 0 aliphatic carbocycles. The van der Waals surface area contributed by atoms with E-state index >= 15 is 0 Å². The zero-order chi connectivity index (χ0) is 13.8. The molecule has 0 saturated carbocycles. The molecule has 1 aliphatic rings. The molecule has 1 aliphatic heterocycles. The van der Waals surface area contributed by atoms with Crippen molar-refractivity contribution in [3.05, 3.63) is 0 Å². The summed E-state index contributed by atoms with van der Waals surface area (Å²) in [7, 11) is -3.55. The quantitative estimate of drug-likeness (QED) is 0.667. The van der Waals surface area contributed by atoms with Gasteiger partial charge in [-0.25, -0.2) is 0 Å². The smallest absolute Gasteiger partial charge is 0.321 e. The molecule has 6 nitrogen and oxygen atoms in total. The van der Waals surface area contributed by atoms with Crippen LogP contribution in [0.5, 0.6) is 0 Å². The van der Waals surface area contributed by atoms with Crippen LogP contribution < -0.4 is 0 Å². The second-order valence-corrected chi connectivity index (χ2v) is 6.44. The normalized spacial score (nSPS) is 17.6. The zero-order valence-electron chi connectivity index (χ0n) is 11.3. The fourth-order valence-electron chi connectivity index (χ4n) is 1.93.